The Bertz CT molecular complexity index is 2170. The van der Waals surface area contributed by atoms with E-state index in [-0.39, 0.29) is 43.9 Å². The number of nitrogens with zero attached hydrogens (tertiary/aromatic N) is 2. The van der Waals surface area contributed by atoms with E-state index >= 15 is 0 Å². The van der Waals surface area contributed by atoms with Gasteiger partial charge in [-0.05, 0) is 101 Å². The van der Waals surface area contributed by atoms with Crippen molar-refractivity contribution in [3.05, 3.63) is 0 Å². The molecule has 434 valence electrons. The van der Waals surface area contributed by atoms with Gasteiger partial charge in [0.2, 0.25) is 39.6 Å². The van der Waals surface area contributed by atoms with Gasteiger partial charge >= 0.3 is 62.9 Å². The van der Waals surface area contributed by atoms with Crippen molar-refractivity contribution < 1.29 is 113 Å². The molecular weight excluding hydrogens is 1050 g/mol. The smallest absolute Gasteiger partial charge is 0.349 e. The lowest BCUT2D eigenvalue weighted by Gasteiger charge is -2.26. The summed E-state index contributed by atoms with van der Waals surface area (Å²) in [5, 5.41) is 0.849. The second kappa shape index (κ2) is 28.1. The lowest BCUT2D eigenvalue weighted by atomic mass is 9.87. The summed E-state index contributed by atoms with van der Waals surface area (Å²) in [5.41, 5.74) is -8.20. The molecule has 0 radical (unpaired) electrons. The Balaban J connectivity index is 2.27. The third-order valence-corrected chi connectivity index (χ3v) is 15.0. The van der Waals surface area contributed by atoms with E-state index in [2.05, 4.69) is 0 Å². The molecule has 0 aromatic rings. The maximum atomic E-state index is 14.6. The Hall–Kier alpha value is -5.00. The van der Waals surface area contributed by atoms with Crippen molar-refractivity contribution in [1.82, 2.24) is 10.1 Å². The number of ether oxygens (including phenoxy) is 6. The first-order valence-electron chi connectivity index (χ1n) is 24.7. The maximum absolute atomic E-state index is 14.6. The number of esters is 6. The van der Waals surface area contributed by atoms with Crippen molar-refractivity contribution >= 4 is 74.8 Å². The van der Waals surface area contributed by atoms with Crippen LogP contribution in [0.5, 0.6) is 0 Å². The predicted molar refractivity (Wildman–Crippen MR) is 261 cm³/mol. The van der Waals surface area contributed by atoms with Crippen LogP contribution in [0, 0.1) is 33.5 Å². The van der Waals surface area contributed by atoms with Gasteiger partial charge in [-0.25, -0.2) is 9.59 Å². The molecule has 2 heterocycles. The number of hydroxylamine groups is 4. The standard InChI is InChI=1S/C48H78N2O24P2/c1-17-35(51)71-33-23-31(75(61,67-25-63-41(57)45(6,7)8)68-26-64-42(58)46(9,10)11)39(55)49(33)73-36(52)19-18-20-48(15,16)44(60)66-28-70-76(62,69-27-65-43(59)47(12,13)14)32-24-34(72-37(53)21-29(2)3)50(40(32)56)74-38(54)22-30(4)5/h29-34H,17-28H2,1-16H3/t31-,32-,33?,34?,76?/m0/s1. The van der Waals surface area contributed by atoms with Crippen LogP contribution in [0.15, 0.2) is 0 Å². The molecule has 2 fully saturated rings. The highest BCUT2D eigenvalue weighted by molar-refractivity contribution is 7.56. The molecule has 2 aliphatic rings. The highest BCUT2D eigenvalue weighted by atomic mass is 31.2. The average Bonchev–Trinajstić information content (AvgIpc) is 3.75. The van der Waals surface area contributed by atoms with Crippen LogP contribution >= 0.6 is 15.2 Å². The van der Waals surface area contributed by atoms with Gasteiger partial charge in [-0.1, -0.05) is 34.6 Å². The van der Waals surface area contributed by atoms with Crippen molar-refractivity contribution in [2.45, 2.75) is 186 Å². The van der Waals surface area contributed by atoms with E-state index in [9.17, 15) is 57.1 Å². The quantitative estimate of drug-likeness (QED) is 0.0325. The van der Waals surface area contributed by atoms with Gasteiger partial charge in [0.15, 0.2) is 0 Å². The summed E-state index contributed by atoms with van der Waals surface area (Å²) >= 11 is 0. The second-order valence-corrected chi connectivity index (χ2v) is 26.9. The van der Waals surface area contributed by atoms with Crippen molar-refractivity contribution in [2.24, 2.45) is 33.5 Å². The van der Waals surface area contributed by atoms with E-state index in [0.29, 0.717) is 10.1 Å². The first-order valence-corrected chi connectivity index (χ1v) is 27.9. The molecule has 2 amide bonds. The largest absolute Gasteiger partial charge is 0.438 e. The van der Waals surface area contributed by atoms with E-state index in [4.69, 9.17) is 56.2 Å². The molecule has 2 saturated heterocycles. The summed E-state index contributed by atoms with van der Waals surface area (Å²) < 4.78 is 82.0. The van der Waals surface area contributed by atoms with Crippen LogP contribution in [-0.4, -0.2) is 121 Å². The summed E-state index contributed by atoms with van der Waals surface area (Å²) in [5.74, 6) is -9.63. The molecule has 0 saturated carbocycles. The van der Waals surface area contributed by atoms with Gasteiger partial charge in [0.25, 0.3) is 11.8 Å². The maximum Gasteiger partial charge on any atom is 0.349 e. The Morgan fingerprint density at radius 2 is 0.842 bits per heavy atom. The van der Waals surface area contributed by atoms with Gasteiger partial charge in [0.1, 0.15) is 11.3 Å². The normalized spacial score (nSPS) is 19.2. The fourth-order valence-corrected chi connectivity index (χ4v) is 9.67. The summed E-state index contributed by atoms with van der Waals surface area (Å²) in [6, 6.07) is 0. The van der Waals surface area contributed by atoms with E-state index < -0.39 is 167 Å². The third kappa shape index (κ3) is 20.8. The van der Waals surface area contributed by atoms with Crippen LogP contribution in [0.2, 0.25) is 0 Å². The lowest BCUT2D eigenvalue weighted by molar-refractivity contribution is -0.228. The first-order chi connectivity index (χ1) is 34.8. The highest BCUT2D eigenvalue weighted by Gasteiger charge is 2.57. The topological polar surface area (TPSA) is 322 Å². The number of hydrogen-bond donors (Lipinski definition) is 0. The Labute approximate surface area is 443 Å². The van der Waals surface area contributed by atoms with E-state index in [1.807, 2.05) is 0 Å². The van der Waals surface area contributed by atoms with Crippen LogP contribution in [0.25, 0.3) is 0 Å². The Morgan fingerprint density at radius 3 is 1.18 bits per heavy atom. The summed E-state index contributed by atoms with van der Waals surface area (Å²) in [6.07, 6.45) is -5.58. The van der Waals surface area contributed by atoms with Gasteiger partial charge in [-0.15, -0.1) is 10.1 Å². The molecule has 0 aromatic heterocycles. The number of rotatable bonds is 28. The minimum atomic E-state index is -4.90. The molecule has 0 spiro atoms. The van der Waals surface area contributed by atoms with Gasteiger partial charge in [-0.3, -0.25) is 65.6 Å². The molecule has 0 aromatic carbocycles. The number of carbonyl (C=O) groups is 10. The van der Waals surface area contributed by atoms with Crippen LogP contribution in [0.3, 0.4) is 0 Å². The van der Waals surface area contributed by atoms with Crippen molar-refractivity contribution in [2.75, 3.05) is 27.2 Å². The van der Waals surface area contributed by atoms with Gasteiger partial charge < -0.3 is 38.1 Å². The minimum Gasteiger partial charge on any atom is -0.438 e. The average molecular weight is 1130 g/mol. The lowest BCUT2D eigenvalue weighted by Crippen LogP contribution is -2.39. The van der Waals surface area contributed by atoms with Crippen LogP contribution in [0.1, 0.15) is 162 Å². The third-order valence-electron chi connectivity index (χ3n) is 10.8. The zero-order chi connectivity index (χ0) is 58.4. The molecule has 28 heteroatoms. The molecule has 26 nitrogen and oxygen atoms in total. The molecule has 2 aliphatic heterocycles. The zero-order valence-electron chi connectivity index (χ0n) is 46.5. The van der Waals surface area contributed by atoms with Crippen molar-refractivity contribution in [3.63, 3.8) is 0 Å². The van der Waals surface area contributed by atoms with Gasteiger partial charge in [-0.2, -0.15) is 0 Å². The van der Waals surface area contributed by atoms with Crippen LogP contribution < -0.4 is 0 Å². The van der Waals surface area contributed by atoms with Crippen molar-refractivity contribution in [3.8, 4) is 0 Å². The summed E-state index contributed by atoms with van der Waals surface area (Å²) in [4.78, 5) is 141. The SMILES string of the molecule is CCC(=O)OC1C[C@H](P(=O)(OCOC(=O)C(C)(C)C)OCOC(=O)C(C)(C)C)C(=O)N1OC(=O)CCCC(C)(C)C(=O)OCOP(=O)(OCOC(=O)C(C)(C)C)[C@H]1CC(OC(=O)CC(C)C)N(OC(=O)CC(C)C)C1=O. The molecule has 0 bridgehead atoms. The molecule has 2 rings (SSSR count). The number of carbonyl (C=O) groups excluding carboxylic acids is 10. The second-order valence-electron chi connectivity index (χ2n) is 22.5. The van der Waals surface area contributed by atoms with Crippen molar-refractivity contribution in [1.29, 1.82) is 0 Å². The highest BCUT2D eigenvalue weighted by Crippen LogP contribution is 2.59. The molecule has 0 N–H and O–H groups in total. The fourth-order valence-electron chi connectivity index (χ4n) is 6.35. The minimum absolute atomic E-state index is 0.0882. The summed E-state index contributed by atoms with van der Waals surface area (Å²) in [7, 11) is -9.72. The predicted octanol–water partition coefficient (Wildman–Crippen LogP) is 7.14. The Morgan fingerprint density at radius 1 is 0.513 bits per heavy atom. The van der Waals surface area contributed by atoms with Crippen LogP contribution in [0.4, 0.5) is 0 Å². The monoisotopic (exact) mass is 1130 g/mol. The molecule has 5 atom stereocenters. The molecule has 76 heavy (non-hydrogen) atoms. The van der Waals surface area contributed by atoms with E-state index in [1.165, 1.54) is 83.1 Å². The number of hydrogen-bond acceptors (Lipinski definition) is 24. The van der Waals surface area contributed by atoms with Crippen LogP contribution in [-0.2, 0) is 113 Å². The molecular formula is C48H78N2O24P2. The van der Waals surface area contributed by atoms with E-state index in [0.717, 1.165) is 0 Å². The fraction of sp³-hybridized carbons (Fsp3) is 0.792. The molecule has 0 aliphatic carbocycles. The Kier molecular flexibility index (Phi) is 24.8. The first kappa shape index (κ1) is 67.1. The molecule has 3 unspecified atom stereocenters. The van der Waals surface area contributed by atoms with E-state index in [1.54, 1.807) is 27.7 Å². The van der Waals surface area contributed by atoms with Gasteiger partial charge in [0.05, 0.1) is 28.1 Å². The van der Waals surface area contributed by atoms with Gasteiger partial charge in [0, 0.05) is 32.1 Å². The number of amides is 2. The summed E-state index contributed by atoms with van der Waals surface area (Å²) in [6.45, 7) is 20.9. The zero-order valence-corrected chi connectivity index (χ0v) is 48.3.